The van der Waals surface area contributed by atoms with Crippen molar-refractivity contribution in [2.45, 2.75) is 45.2 Å². The number of hydrogen-bond acceptors (Lipinski definition) is 2. The standard InChI is InChI=1S/C16H22N2O2/c1-3-16(4-2)15(20)18(11-10-14(19)17-16)12-13-8-6-5-7-9-13/h5-9H,3-4,10-12H2,1-2H3,(H,17,19). The summed E-state index contributed by atoms with van der Waals surface area (Å²) in [6, 6.07) is 9.91. The first-order valence-electron chi connectivity index (χ1n) is 7.25. The SMILES string of the molecule is CCC1(CC)NC(=O)CCN(Cc2ccccc2)C1=O. The molecule has 20 heavy (non-hydrogen) atoms. The van der Waals surface area contributed by atoms with Crippen LogP contribution in [0.5, 0.6) is 0 Å². The molecule has 0 radical (unpaired) electrons. The minimum Gasteiger partial charge on any atom is -0.342 e. The van der Waals surface area contributed by atoms with Crippen LogP contribution in [0.3, 0.4) is 0 Å². The average Bonchev–Trinajstić information content (AvgIpc) is 2.60. The Morgan fingerprint density at radius 2 is 1.80 bits per heavy atom. The first kappa shape index (κ1) is 14.6. The van der Waals surface area contributed by atoms with Gasteiger partial charge in [-0.15, -0.1) is 0 Å². The molecule has 1 heterocycles. The van der Waals surface area contributed by atoms with E-state index < -0.39 is 5.54 Å². The molecule has 4 nitrogen and oxygen atoms in total. The maximum atomic E-state index is 12.8. The van der Waals surface area contributed by atoms with E-state index in [1.807, 2.05) is 44.2 Å². The van der Waals surface area contributed by atoms with Gasteiger partial charge in [-0.25, -0.2) is 0 Å². The summed E-state index contributed by atoms with van der Waals surface area (Å²) in [5.41, 5.74) is 0.360. The monoisotopic (exact) mass is 274 g/mol. The fourth-order valence-electron chi connectivity index (χ4n) is 2.71. The van der Waals surface area contributed by atoms with Crippen molar-refractivity contribution in [2.24, 2.45) is 0 Å². The lowest BCUT2D eigenvalue weighted by Crippen LogP contribution is -2.56. The Labute approximate surface area is 120 Å². The van der Waals surface area contributed by atoms with Crippen LogP contribution in [-0.2, 0) is 16.1 Å². The zero-order chi connectivity index (χ0) is 14.6. The highest BCUT2D eigenvalue weighted by atomic mass is 16.2. The summed E-state index contributed by atoms with van der Waals surface area (Å²) in [4.78, 5) is 26.5. The zero-order valence-corrected chi connectivity index (χ0v) is 12.2. The Morgan fingerprint density at radius 1 is 1.15 bits per heavy atom. The van der Waals surface area contributed by atoms with Crippen LogP contribution in [0, 0.1) is 0 Å². The van der Waals surface area contributed by atoms with E-state index in [0.29, 0.717) is 32.4 Å². The molecule has 108 valence electrons. The van der Waals surface area contributed by atoms with Crippen molar-refractivity contribution in [1.29, 1.82) is 0 Å². The van der Waals surface area contributed by atoms with Crippen LogP contribution >= 0.6 is 0 Å². The van der Waals surface area contributed by atoms with Crippen molar-refractivity contribution in [3.8, 4) is 0 Å². The van der Waals surface area contributed by atoms with Gasteiger partial charge in [0.05, 0.1) is 0 Å². The van der Waals surface area contributed by atoms with Gasteiger partial charge in [0.25, 0.3) is 0 Å². The van der Waals surface area contributed by atoms with Gasteiger partial charge in [-0.05, 0) is 18.4 Å². The van der Waals surface area contributed by atoms with Crippen LogP contribution in [-0.4, -0.2) is 28.8 Å². The third-order valence-corrected chi connectivity index (χ3v) is 4.11. The van der Waals surface area contributed by atoms with Crippen molar-refractivity contribution < 1.29 is 9.59 Å². The molecule has 0 atom stereocenters. The number of nitrogens with zero attached hydrogens (tertiary/aromatic N) is 1. The highest BCUT2D eigenvalue weighted by Crippen LogP contribution is 2.23. The van der Waals surface area contributed by atoms with Crippen molar-refractivity contribution in [3.63, 3.8) is 0 Å². The quantitative estimate of drug-likeness (QED) is 0.914. The van der Waals surface area contributed by atoms with Gasteiger partial charge in [0.1, 0.15) is 5.54 Å². The Hall–Kier alpha value is -1.84. The summed E-state index contributed by atoms with van der Waals surface area (Å²) in [5.74, 6) is 0.00909. The smallest absolute Gasteiger partial charge is 0.248 e. The van der Waals surface area contributed by atoms with Gasteiger partial charge in [0.15, 0.2) is 0 Å². The number of nitrogens with one attached hydrogen (secondary N) is 1. The maximum Gasteiger partial charge on any atom is 0.248 e. The summed E-state index contributed by atoms with van der Waals surface area (Å²) in [7, 11) is 0. The fraction of sp³-hybridized carbons (Fsp3) is 0.500. The van der Waals surface area contributed by atoms with E-state index in [4.69, 9.17) is 0 Å². The lowest BCUT2D eigenvalue weighted by atomic mass is 9.91. The molecule has 1 aromatic rings. The van der Waals surface area contributed by atoms with Crippen LogP contribution in [0.2, 0.25) is 0 Å². The lowest BCUT2D eigenvalue weighted by molar-refractivity contribution is -0.139. The predicted molar refractivity (Wildman–Crippen MR) is 77.9 cm³/mol. The van der Waals surface area contributed by atoms with Crippen molar-refractivity contribution in [3.05, 3.63) is 35.9 Å². The Kier molecular flexibility index (Phi) is 4.42. The molecule has 0 aromatic heterocycles. The third kappa shape index (κ3) is 2.84. The third-order valence-electron chi connectivity index (χ3n) is 4.11. The van der Waals surface area contributed by atoms with E-state index in [1.165, 1.54) is 0 Å². The molecular weight excluding hydrogens is 252 g/mol. The van der Waals surface area contributed by atoms with E-state index >= 15 is 0 Å². The molecule has 0 aliphatic carbocycles. The Morgan fingerprint density at radius 3 is 2.40 bits per heavy atom. The Balaban J connectivity index is 2.24. The largest absolute Gasteiger partial charge is 0.342 e. The minimum atomic E-state index is -0.734. The highest BCUT2D eigenvalue weighted by Gasteiger charge is 2.41. The maximum absolute atomic E-state index is 12.8. The van der Waals surface area contributed by atoms with Crippen LogP contribution in [0.25, 0.3) is 0 Å². The van der Waals surface area contributed by atoms with E-state index in [1.54, 1.807) is 4.90 Å². The molecule has 1 aromatic carbocycles. The molecule has 0 unspecified atom stereocenters. The summed E-state index contributed by atoms with van der Waals surface area (Å²) >= 11 is 0. The van der Waals surface area contributed by atoms with E-state index in [9.17, 15) is 9.59 Å². The highest BCUT2D eigenvalue weighted by molar-refractivity contribution is 5.93. The van der Waals surface area contributed by atoms with Crippen LogP contribution in [0.4, 0.5) is 0 Å². The van der Waals surface area contributed by atoms with Crippen LogP contribution < -0.4 is 5.32 Å². The Bertz CT molecular complexity index is 481. The second-order valence-electron chi connectivity index (χ2n) is 5.30. The first-order chi connectivity index (χ1) is 9.61. The molecule has 2 amide bonds. The second kappa shape index (κ2) is 6.07. The number of amides is 2. The number of rotatable bonds is 4. The first-order valence-corrected chi connectivity index (χ1v) is 7.25. The number of carbonyl (C=O) groups excluding carboxylic acids is 2. The molecule has 1 aliphatic heterocycles. The molecular formula is C16H22N2O2. The predicted octanol–water partition coefficient (Wildman–Crippen LogP) is 2.09. The van der Waals surface area contributed by atoms with Gasteiger partial charge in [-0.1, -0.05) is 44.2 Å². The number of benzene rings is 1. The minimum absolute atomic E-state index is 0.0300. The lowest BCUT2D eigenvalue weighted by Gasteiger charge is -2.33. The van der Waals surface area contributed by atoms with E-state index in [0.717, 1.165) is 5.56 Å². The van der Waals surface area contributed by atoms with Crippen molar-refractivity contribution >= 4 is 11.8 Å². The molecule has 0 bridgehead atoms. The molecule has 0 spiro atoms. The van der Waals surface area contributed by atoms with Gasteiger partial charge in [-0.2, -0.15) is 0 Å². The average molecular weight is 274 g/mol. The molecule has 2 rings (SSSR count). The van der Waals surface area contributed by atoms with Crippen molar-refractivity contribution in [2.75, 3.05) is 6.54 Å². The normalized spacial score (nSPS) is 18.6. The van der Waals surface area contributed by atoms with Crippen molar-refractivity contribution in [1.82, 2.24) is 10.2 Å². The topological polar surface area (TPSA) is 49.4 Å². The molecule has 0 saturated carbocycles. The van der Waals surface area contributed by atoms with Gasteiger partial charge in [0.2, 0.25) is 11.8 Å². The summed E-state index contributed by atoms with van der Waals surface area (Å²) in [6.45, 7) is 4.96. The van der Waals surface area contributed by atoms with E-state index in [-0.39, 0.29) is 11.8 Å². The summed E-state index contributed by atoms with van der Waals surface area (Å²) in [6.07, 6.45) is 1.62. The molecule has 1 saturated heterocycles. The molecule has 1 aliphatic rings. The second-order valence-corrected chi connectivity index (χ2v) is 5.30. The number of hydrogen-bond donors (Lipinski definition) is 1. The number of carbonyl (C=O) groups is 2. The molecule has 1 N–H and O–H groups in total. The zero-order valence-electron chi connectivity index (χ0n) is 12.2. The van der Waals surface area contributed by atoms with Gasteiger partial charge < -0.3 is 10.2 Å². The summed E-state index contributed by atoms with van der Waals surface area (Å²) < 4.78 is 0. The van der Waals surface area contributed by atoms with Gasteiger partial charge >= 0.3 is 0 Å². The molecule has 4 heteroatoms. The van der Waals surface area contributed by atoms with Crippen LogP contribution in [0.1, 0.15) is 38.7 Å². The van der Waals surface area contributed by atoms with Gasteiger partial charge in [0, 0.05) is 19.5 Å². The summed E-state index contributed by atoms with van der Waals surface area (Å²) in [5, 5.41) is 2.93. The molecule has 1 fully saturated rings. The van der Waals surface area contributed by atoms with Gasteiger partial charge in [-0.3, -0.25) is 9.59 Å². The van der Waals surface area contributed by atoms with E-state index in [2.05, 4.69) is 5.32 Å². The fourth-order valence-corrected chi connectivity index (χ4v) is 2.71. The van der Waals surface area contributed by atoms with Crippen LogP contribution in [0.15, 0.2) is 30.3 Å².